The second-order valence-corrected chi connectivity index (χ2v) is 20.9. The molecule has 426 valence electrons. The summed E-state index contributed by atoms with van der Waals surface area (Å²) in [6.07, 6.45) is -1.29. The number of nitrogens with one attached hydrogen (secondary N) is 6. The summed E-state index contributed by atoms with van der Waals surface area (Å²) in [5, 5.41) is 111. The number of carbonyl (C=O) groups excluding carboxylic acids is 6. The molecule has 76 heavy (non-hydrogen) atoms. The lowest BCUT2D eigenvalue weighted by atomic mass is 9.65. The van der Waals surface area contributed by atoms with Gasteiger partial charge in [-0.25, -0.2) is 4.79 Å². The Balaban J connectivity index is 0.000000401. The molecule has 0 aliphatic carbocycles. The van der Waals surface area contributed by atoms with E-state index in [1.54, 1.807) is 36.4 Å². The first-order valence-electron chi connectivity index (χ1n) is 25.1. The van der Waals surface area contributed by atoms with Crippen LogP contribution in [-0.4, -0.2) is 169 Å². The lowest BCUT2D eigenvalue weighted by Gasteiger charge is -2.59. The monoisotopic (exact) mass is 1080 g/mol. The number of aliphatic carboxylic acids is 1. The van der Waals surface area contributed by atoms with E-state index in [2.05, 4.69) is 31.9 Å². The summed E-state index contributed by atoms with van der Waals surface area (Å²) in [4.78, 5) is 86.7. The number of rotatable bonds is 20. The normalized spacial score (nSPS) is 32.2. The third-order valence-electron chi connectivity index (χ3n) is 15.1. The smallest absolute Gasteiger partial charge is 0.326 e. The van der Waals surface area contributed by atoms with Crippen LogP contribution in [0.3, 0.4) is 0 Å². The van der Waals surface area contributed by atoms with E-state index in [-0.39, 0.29) is 31.2 Å². The highest BCUT2D eigenvalue weighted by molar-refractivity contribution is 5.98. The van der Waals surface area contributed by atoms with Crippen molar-refractivity contribution in [3.05, 3.63) is 59.7 Å². The molecule has 2 aromatic carbocycles. The minimum absolute atomic E-state index is 0.141. The Morgan fingerprint density at radius 1 is 0.500 bits per heavy atom. The van der Waals surface area contributed by atoms with Gasteiger partial charge in [-0.1, -0.05) is 38.1 Å². The van der Waals surface area contributed by atoms with Crippen molar-refractivity contribution < 1.29 is 89.0 Å². The van der Waals surface area contributed by atoms with Crippen LogP contribution >= 0.6 is 0 Å². The molecule has 2 aliphatic heterocycles. The average molecular weight is 1080 g/mol. The third-order valence-corrected chi connectivity index (χ3v) is 15.1. The Bertz CT molecular complexity index is 2380. The van der Waals surface area contributed by atoms with Crippen LogP contribution in [0.2, 0.25) is 0 Å². The number of unbranched alkanes of at least 4 members (excludes halogenated alkanes) is 1. The SMILES string of the molecule is CCc1ccc(NC(=O)C(CCC(NC(C)=O)C(=O)O)NC(=O)C2O[C@@](C)(O)[C@@](C)(O)C(C)(O)[C@]2(C)O)cc1.CCc1ccc(NC(=O)C(CCCCNC(=O)C2O[C@@](C)(O)[C@@](C)(O)C(C)(O)[C@]2(C)O)NC(C)=O)cc1. The zero-order chi connectivity index (χ0) is 58.2. The second-order valence-electron chi connectivity index (χ2n) is 20.9. The van der Waals surface area contributed by atoms with Gasteiger partial charge < -0.3 is 87.3 Å². The average Bonchev–Trinajstić information content (AvgIpc) is 3.31. The number of aryl methyl sites for hydroxylation is 2. The maximum atomic E-state index is 13.3. The maximum absolute atomic E-state index is 13.3. The van der Waals surface area contributed by atoms with E-state index >= 15 is 0 Å². The van der Waals surface area contributed by atoms with Gasteiger partial charge in [0.25, 0.3) is 11.8 Å². The fraction of sp³-hybridized carbons (Fsp3) is 0.635. The van der Waals surface area contributed by atoms with Gasteiger partial charge in [-0.05, 0) is 136 Å². The number of carboxylic acids is 1. The first kappa shape index (κ1) is 64.6. The molecule has 2 heterocycles. The molecule has 2 aromatic rings. The van der Waals surface area contributed by atoms with Crippen molar-refractivity contribution >= 4 is 52.8 Å². The van der Waals surface area contributed by atoms with Crippen LogP contribution in [0.5, 0.6) is 0 Å². The molecule has 15 N–H and O–H groups in total. The van der Waals surface area contributed by atoms with Gasteiger partial charge in [0.2, 0.25) is 23.6 Å². The van der Waals surface area contributed by atoms with Gasteiger partial charge in [-0.3, -0.25) is 28.8 Å². The van der Waals surface area contributed by atoms with E-state index < -0.39 is 105 Å². The summed E-state index contributed by atoms with van der Waals surface area (Å²) >= 11 is 0. The van der Waals surface area contributed by atoms with Gasteiger partial charge >= 0.3 is 5.97 Å². The molecule has 2 aliphatic rings. The van der Waals surface area contributed by atoms with Crippen molar-refractivity contribution in [3.63, 3.8) is 0 Å². The molecule has 24 nitrogen and oxygen atoms in total. The van der Waals surface area contributed by atoms with E-state index in [0.717, 1.165) is 86.3 Å². The van der Waals surface area contributed by atoms with Crippen LogP contribution < -0.4 is 31.9 Å². The molecule has 0 saturated carbocycles. The van der Waals surface area contributed by atoms with Crippen molar-refractivity contribution in [3.8, 4) is 0 Å². The lowest BCUT2D eigenvalue weighted by Crippen LogP contribution is -2.82. The number of hydrogen-bond donors (Lipinski definition) is 15. The zero-order valence-electron chi connectivity index (χ0n) is 45.4. The molecule has 7 unspecified atom stereocenters. The quantitative estimate of drug-likeness (QED) is 0.0760. The molecular weight excluding hydrogens is 997 g/mol. The summed E-state index contributed by atoms with van der Waals surface area (Å²) in [6, 6.07) is 10.8. The summed E-state index contributed by atoms with van der Waals surface area (Å²) in [5.41, 5.74) is -11.0. The number of benzene rings is 2. The predicted octanol–water partition coefficient (Wildman–Crippen LogP) is -0.259. The lowest BCUT2D eigenvalue weighted by molar-refractivity contribution is -0.414. The maximum Gasteiger partial charge on any atom is 0.326 e. The van der Waals surface area contributed by atoms with E-state index in [9.17, 15) is 79.5 Å². The zero-order valence-corrected chi connectivity index (χ0v) is 45.4. The van der Waals surface area contributed by atoms with Gasteiger partial charge in [-0.2, -0.15) is 0 Å². The molecular formula is C52H80N6O18. The number of aliphatic hydroxyl groups is 8. The number of hydrogen-bond acceptors (Lipinski definition) is 17. The van der Waals surface area contributed by atoms with Crippen LogP contribution in [0.1, 0.15) is 126 Å². The Morgan fingerprint density at radius 3 is 1.22 bits per heavy atom. The van der Waals surface area contributed by atoms with E-state index in [1.807, 2.05) is 26.0 Å². The summed E-state index contributed by atoms with van der Waals surface area (Å²) in [7, 11) is 0. The highest BCUT2D eigenvalue weighted by atomic mass is 16.7. The standard InChI is InChI=1S/C26H39N3O10.C26H41N3O8/c1-7-15-8-10-16(11-9-15)28-20(31)17(12-13-18(22(33)34)27-14(2)30)29-21(32)19-23(3,35)24(4,36)25(5,37)26(6,38)39-19;1-7-17-11-13-18(14-12-17)29-21(31)19(28-16(2)30)10-8-9-15-27-22(32)20-23(3,33)24(4,34)25(5,35)26(6,36)37-20/h8-11,17-19,35-38H,7,12-13H2,1-6H3,(H,27,30)(H,28,31)(H,29,32)(H,33,34);11-14,19-20,33-36H,7-10,15H2,1-6H3,(H,27,32)(H,28,30)(H,29,31)/t17?,18?,19?,23-,24?,25+,26-;19?,20?,23-,24?,25+,26-/m11/s1. The van der Waals surface area contributed by atoms with Crippen LogP contribution in [-0.2, 0) is 55.9 Å². The van der Waals surface area contributed by atoms with Gasteiger partial charge in [0.1, 0.15) is 51.7 Å². The molecule has 4 rings (SSSR count). The number of amides is 6. The number of ether oxygens (including phenoxy) is 2. The number of carbonyl (C=O) groups is 7. The topological polar surface area (TPSA) is 392 Å². The van der Waals surface area contributed by atoms with Crippen molar-refractivity contribution in [1.29, 1.82) is 0 Å². The van der Waals surface area contributed by atoms with Crippen LogP contribution in [0.15, 0.2) is 48.5 Å². The fourth-order valence-electron chi connectivity index (χ4n) is 8.69. The van der Waals surface area contributed by atoms with E-state index in [4.69, 9.17) is 9.47 Å². The Hall–Kier alpha value is -5.67. The third kappa shape index (κ3) is 14.3. The van der Waals surface area contributed by atoms with Crippen molar-refractivity contribution in [1.82, 2.24) is 21.3 Å². The van der Waals surface area contributed by atoms with Gasteiger partial charge in [0, 0.05) is 31.8 Å². The highest BCUT2D eigenvalue weighted by Gasteiger charge is 2.72. The Morgan fingerprint density at radius 2 is 0.855 bits per heavy atom. The van der Waals surface area contributed by atoms with Crippen LogP contribution in [0.25, 0.3) is 0 Å². The van der Waals surface area contributed by atoms with Crippen molar-refractivity contribution in [2.45, 2.75) is 204 Å². The van der Waals surface area contributed by atoms with E-state index in [0.29, 0.717) is 30.6 Å². The minimum Gasteiger partial charge on any atom is -0.480 e. The molecule has 13 atom stereocenters. The van der Waals surface area contributed by atoms with Crippen LogP contribution in [0.4, 0.5) is 11.4 Å². The minimum atomic E-state index is -2.50. The van der Waals surface area contributed by atoms with E-state index in [1.165, 1.54) is 6.92 Å². The molecule has 6 amide bonds. The molecule has 2 fully saturated rings. The van der Waals surface area contributed by atoms with Crippen molar-refractivity contribution in [2.24, 2.45) is 0 Å². The van der Waals surface area contributed by atoms with Crippen molar-refractivity contribution in [2.75, 3.05) is 17.2 Å². The Labute approximate surface area is 442 Å². The molecule has 0 spiro atoms. The fourth-order valence-corrected chi connectivity index (χ4v) is 8.69. The molecule has 2 saturated heterocycles. The number of carboxylic acid groups (broad SMARTS) is 1. The largest absolute Gasteiger partial charge is 0.480 e. The summed E-state index contributed by atoms with van der Waals surface area (Å²) in [5.74, 6) is -10.1. The van der Waals surface area contributed by atoms with Gasteiger partial charge in [-0.15, -0.1) is 0 Å². The summed E-state index contributed by atoms with van der Waals surface area (Å²) < 4.78 is 10.7. The number of anilines is 2. The second kappa shape index (κ2) is 24.8. The van der Waals surface area contributed by atoms with Gasteiger partial charge in [0.05, 0.1) is 0 Å². The molecule has 0 aromatic heterocycles. The molecule has 24 heteroatoms. The van der Waals surface area contributed by atoms with Crippen LogP contribution in [0, 0.1) is 0 Å². The first-order valence-corrected chi connectivity index (χ1v) is 25.1. The predicted molar refractivity (Wildman–Crippen MR) is 275 cm³/mol. The molecule has 0 bridgehead atoms. The summed E-state index contributed by atoms with van der Waals surface area (Å²) in [6.45, 7) is 15.2. The Kier molecular flexibility index (Phi) is 21.1. The molecule has 0 radical (unpaired) electrons. The first-order chi connectivity index (χ1) is 34.8. The highest BCUT2D eigenvalue weighted by Crippen LogP contribution is 2.49. The van der Waals surface area contributed by atoms with Gasteiger partial charge in [0.15, 0.2) is 23.8 Å².